The summed E-state index contributed by atoms with van der Waals surface area (Å²) in [6.07, 6.45) is -20.0. The zero-order valence-corrected chi connectivity index (χ0v) is 21.5. The van der Waals surface area contributed by atoms with Gasteiger partial charge in [-0.1, -0.05) is 0 Å². The fourth-order valence-corrected chi connectivity index (χ4v) is 4.80. The summed E-state index contributed by atoms with van der Waals surface area (Å²) in [4.78, 5) is 23.8. The van der Waals surface area contributed by atoms with Crippen molar-refractivity contribution in [2.75, 3.05) is 13.2 Å². The van der Waals surface area contributed by atoms with Crippen LogP contribution in [-0.4, -0.2) is 158 Å². The standard InChI is InChI=1S/C22H38N2O15/c1-6-13(29)16(32)17(33)22(35-6)39-19-12(24-8(3)28)20(34)36-10(5-26)18(19)38-21-11(23-7(2)27)15(31)14(30)9(4-25)37-21/h6,9-22,25-26,29-34H,4-5H2,1-3H3,(H,23,27)(H,24,28)/t6-,9+,10+,11+,12+,13+,14+,15+,16+,17-,18+,19+,20+,21+,22+/m0/s1. The fourth-order valence-electron chi connectivity index (χ4n) is 4.80. The van der Waals surface area contributed by atoms with Crippen LogP contribution in [0.5, 0.6) is 0 Å². The van der Waals surface area contributed by atoms with Crippen molar-refractivity contribution in [3.8, 4) is 0 Å². The van der Waals surface area contributed by atoms with Crippen LogP contribution in [0.15, 0.2) is 0 Å². The Morgan fingerprint density at radius 3 is 1.79 bits per heavy atom. The molecule has 0 aromatic carbocycles. The molecule has 0 spiro atoms. The van der Waals surface area contributed by atoms with E-state index in [9.17, 15) is 50.4 Å². The van der Waals surface area contributed by atoms with E-state index in [2.05, 4.69) is 10.6 Å². The van der Waals surface area contributed by atoms with Crippen molar-refractivity contribution in [1.82, 2.24) is 10.6 Å². The van der Waals surface area contributed by atoms with Crippen molar-refractivity contribution in [3.05, 3.63) is 0 Å². The second-order valence-electron chi connectivity index (χ2n) is 9.79. The van der Waals surface area contributed by atoms with Gasteiger partial charge in [-0.05, 0) is 6.92 Å². The molecule has 0 bridgehead atoms. The number of carbonyl (C=O) groups excluding carboxylic acids is 2. The Balaban J connectivity index is 1.98. The summed E-state index contributed by atoms with van der Waals surface area (Å²) in [5, 5.41) is 86.7. The lowest BCUT2D eigenvalue weighted by Gasteiger charge is -2.50. The molecule has 0 radical (unpaired) electrons. The van der Waals surface area contributed by atoms with Gasteiger partial charge in [0.25, 0.3) is 0 Å². The third-order valence-corrected chi connectivity index (χ3v) is 6.86. The number of aliphatic hydroxyl groups is 8. The van der Waals surface area contributed by atoms with Crippen molar-refractivity contribution in [2.45, 2.75) is 113 Å². The molecule has 0 aliphatic carbocycles. The summed E-state index contributed by atoms with van der Waals surface area (Å²) in [5.74, 6) is -1.28. The van der Waals surface area contributed by atoms with Gasteiger partial charge in [0.1, 0.15) is 67.0 Å². The number of aliphatic hydroxyl groups excluding tert-OH is 8. The minimum atomic E-state index is -1.80. The lowest BCUT2D eigenvalue weighted by atomic mass is 9.94. The maximum Gasteiger partial charge on any atom is 0.217 e. The molecule has 3 saturated heterocycles. The van der Waals surface area contributed by atoms with Crippen LogP contribution in [-0.2, 0) is 33.3 Å². The van der Waals surface area contributed by atoms with Gasteiger partial charge in [-0.2, -0.15) is 0 Å². The van der Waals surface area contributed by atoms with E-state index in [1.165, 1.54) is 6.92 Å². The number of nitrogens with one attached hydrogen (secondary N) is 2. The molecule has 226 valence electrons. The van der Waals surface area contributed by atoms with E-state index >= 15 is 0 Å². The predicted octanol–water partition coefficient (Wildman–Crippen LogP) is -6.26. The summed E-state index contributed by atoms with van der Waals surface area (Å²) in [5.41, 5.74) is 0. The first kappa shape index (κ1) is 31.9. The van der Waals surface area contributed by atoms with Gasteiger partial charge in [0.15, 0.2) is 18.9 Å². The third-order valence-electron chi connectivity index (χ3n) is 6.86. The van der Waals surface area contributed by atoms with Gasteiger partial charge < -0.3 is 75.2 Å². The molecule has 0 unspecified atom stereocenters. The third kappa shape index (κ3) is 7.02. The van der Waals surface area contributed by atoms with E-state index in [4.69, 9.17) is 23.7 Å². The van der Waals surface area contributed by atoms with E-state index < -0.39 is 117 Å². The summed E-state index contributed by atoms with van der Waals surface area (Å²) >= 11 is 0. The molecule has 3 aliphatic heterocycles. The Morgan fingerprint density at radius 1 is 0.667 bits per heavy atom. The van der Waals surface area contributed by atoms with Crippen LogP contribution >= 0.6 is 0 Å². The minimum absolute atomic E-state index is 0.635. The molecular weight excluding hydrogens is 532 g/mol. The second kappa shape index (κ2) is 13.4. The average molecular weight is 571 g/mol. The van der Waals surface area contributed by atoms with Gasteiger partial charge in [0.2, 0.25) is 11.8 Å². The molecule has 3 fully saturated rings. The van der Waals surface area contributed by atoms with Crippen molar-refractivity contribution in [1.29, 1.82) is 0 Å². The summed E-state index contributed by atoms with van der Waals surface area (Å²) in [6, 6.07) is -2.82. The van der Waals surface area contributed by atoms with Crippen molar-refractivity contribution < 1.29 is 74.1 Å². The second-order valence-corrected chi connectivity index (χ2v) is 9.79. The largest absolute Gasteiger partial charge is 0.394 e. The number of hydrogen-bond donors (Lipinski definition) is 10. The van der Waals surface area contributed by atoms with E-state index in [1.54, 1.807) is 0 Å². The highest BCUT2D eigenvalue weighted by atomic mass is 16.7. The van der Waals surface area contributed by atoms with Crippen LogP contribution in [0.1, 0.15) is 20.8 Å². The van der Waals surface area contributed by atoms with Crippen LogP contribution < -0.4 is 10.6 Å². The highest BCUT2D eigenvalue weighted by molar-refractivity contribution is 5.73. The molecule has 0 saturated carbocycles. The molecule has 17 nitrogen and oxygen atoms in total. The van der Waals surface area contributed by atoms with Gasteiger partial charge in [0, 0.05) is 13.8 Å². The first-order valence-electron chi connectivity index (χ1n) is 12.4. The zero-order chi connectivity index (χ0) is 29.2. The minimum Gasteiger partial charge on any atom is -0.394 e. The Hall–Kier alpha value is -1.58. The van der Waals surface area contributed by atoms with Gasteiger partial charge in [-0.3, -0.25) is 9.59 Å². The number of hydrogen-bond acceptors (Lipinski definition) is 15. The molecule has 39 heavy (non-hydrogen) atoms. The van der Waals surface area contributed by atoms with Crippen molar-refractivity contribution in [3.63, 3.8) is 0 Å². The summed E-state index contributed by atoms with van der Waals surface area (Å²) < 4.78 is 28.4. The Morgan fingerprint density at radius 2 is 1.23 bits per heavy atom. The van der Waals surface area contributed by atoms with E-state index in [-0.39, 0.29) is 0 Å². The Kier molecular flexibility index (Phi) is 11.0. The van der Waals surface area contributed by atoms with E-state index in [1.807, 2.05) is 0 Å². The molecule has 0 aromatic rings. The van der Waals surface area contributed by atoms with E-state index in [0.717, 1.165) is 13.8 Å². The quantitative estimate of drug-likeness (QED) is 0.130. The van der Waals surface area contributed by atoms with Crippen LogP contribution in [0.25, 0.3) is 0 Å². The molecule has 3 aliphatic rings. The van der Waals surface area contributed by atoms with Gasteiger partial charge in [-0.15, -0.1) is 0 Å². The van der Waals surface area contributed by atoms with E-state index in [0.29, 0.717) is 0 Å². The molecule has 2 amide bonds. The lowest BCUT2D eigenvalue weighted by molar-refractivity contribution is -0.362. The maximum atomic E-state index is 12.0. The van der Waals surface area contributed by atoms with Gasteiger partial charge >= 0.3 is 0 Å². The summed E-state index contributed by atoms with van der Waals surface area (Å²) in [6.45, 7) is 2.13. The molecule has 17 heteroatoms. The topological polar surface area (TPSA) is 266 Å². The van der Waals surface area contributed by atoms with Crippen LogP contribution in [0.3, 0.4) is 0 Å². The first-order chi connectivity index (χ1) is 18.3. The molecule has 3 rings (SSSR count). The number of amides is 2. The fraction of sp³-hybridized carbons (Fsp3) is 0.909. The molecule has 0 aromatic heterocycles. The average Bonchev–Trinajstić information content (AvgIpc) is 2.88. The molecular formula is C22H38N2O15. The van der Waals surface area contributed by atoms with Gasteiger partial charge in [0.05, 0.1) is 19.3 Å². The highest BCUT2D eigenvalue weighted by Gasteiger charge is 2.54. The molecule has 3 heterocycles. The highest BCUT2D eigenvalue weighted by Crippen LogP contribution is 2.33. The van der Waals surface area contributed by atoms with Crippen LogP contribution in [0.2, 0.25) is 0 Å². The van der Waals surface area contributed by atoms with Crippen LogP contribution in [0, 0.1) is 0 Å². The van der Waals surface area contributed by atoms with Crippen molar-refractivity contribution >= 4 is 11.8 Å². The maximum absolute atomic E-state index is 12.0. The monoisotopic (exact) mass is 570 g/mol. The van der Waals surface area contributed by atoms with Crippen molar-refractivity contribution in [2.24, 2.45) is 0 Å². The molecule has 15 atom stereocenters. The normalized spacial score (nSPS) is 46.9. The predicted molar refractivity (Wildman–Crippen MR) is 123 cm³/mol. The number of carbonyl (C=O) groups is 2. The smallest absolute Gasteiger partial charge is 0.217 e. The van der Waals surface area contributed by atoms with Crippen LogP contribution in [0.4, 0.5) is 0 Å². The lowest BCUT2D eigenvalue weighted by Crippen LogP contribution is -2.70. The number of ether oxygens (including phenoxy) is 5. The first-order valence-corrected chi connectivity index (χ1v) is 12.4. The Bertz CT molecular complexity index is 837. The molecule has 10 N–H and O–H groups in total. The van der Waals surface area contributed by atoms with Gasteiger partial charge in [-0.25, -0.2) is 0 Å². The summed E-state index contributed by atoms with van der Waals surface area (Å²) in [7, 11) is 0. The Labute approximate surface area is 223 Å². The number of rotatable bonds is 8. The SMILES string of the molecule is CC(=O)N[C@@H]1[C@@H](O[C@H]2O[C@@H](C)[C@@H](O)[C@@H](O)[C@@H]2O)[C@H](O[C@H]2O[C@H](CO)[C@@H](O)[C@H](O)[C@H]2NC(C)=O)[C@@H](CO)O[C@H]1O. The zero-order valence-electron chi connectivity index (χ0n) is 21.5.